The van der Waals surface area contributed by atoms with Gasteiger partial charge in [0.2, 0.25) is 0 Å². The normalized spacial score (nSPS) is 20.1. The molecule has 3 nitrogen and oxygen atoms in total. The number of benzene rings is 2. The molecule has 0 spiro atoms. The van der Waals surface area contributed by atoms with Crippen molar-refractivity contribution in [1.29, 1.82) is 0 Å². The van der Waals surface area contributed by atoms with E-state index in [4.69, 9.17) is 4.74 Å². The van der Waals surface area contributed by atoms with E-state index in [0.717, 1.165) is 11.1 Å². The number of allylic oxidation sites excluding steroid dienone is 1. The van der Waals surface area contributed by atoms with Crippen LogP contribution < -0.4 is 4.74 Å². The van der Waals surface area contributed by atoms with Crippen LogP contribution in [0, 0.1) is 5.41 Å². The summed E-state index contributed by atoms with van der Waals surface area (Å²) in [5, 5.41) is 0. The molecule has 1 heterocycles. The molecule has 0 unspecified atom stereocenters. The first-order valence-corrected chi connectivity index (χ1v) is 7.65. The van der Waals surface area contributed by atoms with Crippen LogP contribution in [-0.2, 0) is 16.0 Å². The van der Waals surface area contributed by atoms with Crippen LogP contribution in [-0.4, -0.2) is 11.8 Å². The van der Waals surface area contributed by atoms with Gasteiger partial charge in [-0.3, -0.25) is 9.59 Å². The summed E-state index contributed by atoms with van der Waals surface area (Å²) < 4.78 is 5.42. The van der Waals surface area contributed by atoms with Crippen LogP contribution in [0.4, 0.5) is 0 Å². The maximum Gasteiger partial charge on any atom is 0.325 e. The van der Waals surface area contributed by atoms with Gasteiger partial charge in [0, 0.05) is 0 Å². The fourth-order valence-corrected chi connectivity index (χ4v) is 2.87. The first-order chi connectivity index (χ1) is 11.1. The van der Waals surface area contributed by atoms with Crippen molar-refractivity contribution in [1.82, 2.24) is 0 Å². The average molecular weight is 306 g/mol. The molecule has 116 valence electrons. The highest BCUT2D eigenvalue weighted by atomic mass is 16.5. The number of carbonyl (C=O) groups is 2. The van der Waals surface area contributed by atoms with E-state index in [9.17, 15) is 9.59 Å². The van der Waals surface area contributed by atoms with Crippen molar-refractivity contribution in [3.63, 3.8) is 0 Å². The van der Waals surface area contributed by atoms with Gasteiger partial charge >= 0.3 is 5.97 Å². The lowest BCUT2D eigenvalue weighted by Gasteiger charge is -2.32. The molecule has 2 aromatic carbocycles. The van der Waals surface area contributed by atoms with Gasteiger partial charge in [-0.05, 0) is 37.0 Å². The molecule has 3 heteroatoms. The largest absolute Gasteiger partial charge is 0.425 e. The maximum absolute atomic E-state index is 12.5. The molecule has 2 aromatic rings. The number of ketones is 1. The van der Waals surface area contributed by atoms with E-state index in [1.165, 1.54) is 6.92 Å². The lowest BCUT2D eigenvalue weighted by Crippen LogP contribution is -2.45. The van der Waals surface area contributed by atoms with E-state index in [1.807, 2.05) is 60.7 Å². The number of para-hydroxylation sites is 1. The number of fused-ring (bicyclic) bond motifs is 1. The van der Waals surface area contributed by atoms with E-state index in [0.29, 0.717) is 18.6 Å². The third kappa shape index (κ3) is 2.95. The van der Waals surface area contributed by atoms with Crippen LogP contribution in [0.15, 0.2) is 60.7 Å². The number of hydrogen-bond donors (Lipinski definition) is 0. The Morgan fingerprint density at radius 1 is 1.13 bits per heavy atom. The summed E-state index contributed by atoms with van der Waals surface area (Å²) in [6.07, 6.45) is 4.53. The minimum absolute atomic E-state index is 0.158. The summed E-state index contributed by atoms with van der Waals surface area (Å²) in [6.45, 7) is 1.46. The third-order valence-corrected chi connectivity index (χ3v) is 4.31. The molecule has 3 rings (SSSR count). The fourth-order valence-electron chi connectivity index (χ4n) is 2.87. The summed E-state index contributed by atoms with van der Waals surface area (Å²) in [5.74, 6) is -0.0578. The number of esters is 1. The van der Waals surface area contributed by atoms with Gasteiger partial charge in [0.25, 0.3) is 0 Å². The average Bonchev–Trinajstić information content (AvgIpc) is 2.56. The van der Waals surface area contributed by atoms with E-state index < -0.39 is 11.4 Å². The predicted octanol–water partition coefficient (Wildman–Crippen LogP) is 3.83. The lowest BCUT2D eigenvalue weighted by atomic mass is 9.74. The number of carbonyl (C=O) groups excluding carboxylic acids is 2. The molecule has 0 saturated carbocycles. The zero-order chi connectivity index (χ0) is 16.3. The predicted molar refractivity (Wildman–Crippen MR) is 89.0 cm³/mol. The molecule has 0 fully saturated rings. The maximum atomic E-state index is 12.5. The number of rotatable bonds is 4. The van der Waals surface area contributed by atoms with Gasteiger partial charge in [-0.1, -0.05) is 60.7 Å². The Labute approximate surface area is 135 Å². The van der Waals surface area contributed by atoms with E-state index in [1.54, 1.807) is 6.07 Å². The Morgan fingerprint density at radius 2 is 1.83 bits per heavy atom. The molecular formula is C20H18O3. The molecule has 0 bridgehead atoms. The van der Waals surface area contributed by atoms with Gasteiger partial charge in [-0.2, -0.15) is 0 Å². The van der Waals surface area contributed by atoms with Crippen molar-refractivity contribution in [2.45, 2.75) is 19.8 Å². The summed E-state index contributed by atoms with van der Waals surface area (Å²) >= 11 is 0. The minimum atomic E-state index is -1.13. The van der Waals surface area contributed by atoms with Crippen molar-refractivity contribution in [2.24, 2.45) is 5.41 Å². The molecule has 0 aliphatic carbocycles. The highest BCUT2D eigenvalue weighted by Gasteiger charge is 2.47. The molecule has 1 atom stereocenters. The van der Waals surface area contributed by atoms with Crippen LogP contribution in [0.3, 0.4) is 0 Å². The van der Waals surface area contributed by atoms with Gasteiger partial charge in [0.1, 0.15) is 16.9 Å². The van der Waals surface area contributed by atoms with E-state index >= 15 is 0 Å². The van der Waals surface area contributed by atoms with Gasteiger partial charge in [0.15, 0.2) is 0 Å². The molecule has 0 saturated heterocycles. The van der Waals surface area contributed by atoms with Crippen molar-refractivity contribution in [3.05, 3.63) is 71.8 Å². The zero-order valence-corrected chi connectivity index (χ0v) is 13.0. The first-order valence-electron chi connectivity index (χ1n) is 7.65. The van der Waals surface area contributed by atoms with Crippen LogP contribution in [0.1, 0.15) is 24.5 Å². The van der Waals surface area contributed by atoms with E-state index in [-0.39, 0.29) is 5.78 Å². The second-order valence-electron chi connectivity index (χ2n) is 5.83. The van der Waals surface area contributed by atoms with Gasteiger partial charge in [-0.15, -0.1) is 0 Å². The first kappa shape index (κ1) is 15.2. The number of hydrogen-bond acceptors (Lipinski definition) is 3. The van der Waals surface area contributed by atoms with Gasteiger partial charge in [-0.25, -0.2) is 0 Å². The lowest BCUT2D eigenvalue weighted by molar-refractivity contribution is -0.153. The number of Topliss-reactive ketones (excluding diaryl/α,β-unsaturated/α-hetero) is 1. The standard InChI is InChI=1S/C20H18O3/c1-15(21)20(13-7-10-16-8-3-2-4-9-16)14-17-11-5-6-12-18(17)23-19(20)22/h2-12H,13-14H2,1H3/b10-7+/t20-/m1/s1. The summed E-state index contributed by atoms with van der Waals surface area (Å²) in [7, 11) is 0. The molecule has 23 heavy (non-hydrogen) atoms. The van der Waals surface area contributed by atoms with Crippen LogP contribution in [0.5, 0.6) is 5.75 Å². The highest BCUT2D eigenvalue weighted by molar-refractivity contribution is 6.05. The Kier molecular flexibility index (Phi) is 4.11. The second-order valence-corrected chi connectivity index (χ2v) is 5.83. The number of ether oxygens (including phenoxy) is 1. The summed E-state index contributed by atoms with van der Waals surface area (Å²) in [4.78, 5) is 24.7. The van der Waals surface area contributed by atoms with Crippen LogP contribution in [0.2, 0.25) is 0 Å². The highest BCUT2D eigenvalue weighted by Crippen LogP contribution is 2.39. The Bertz CT molecular complexity index is 761. The van der Waals surface area contributed by atoms with Gasteiger partial charge in [0.05, 0.1) is 0 Å². The topological polar surface area (TPSA) is 43.4 Å². The van der Waals surface area contributed by atoms with Crippen molar-refractivity contribution in [3.8, 4) is 5.75 Å². The smallest absolute Gasteiger partial charge is 0.325 e. The Morgan fingerprint density at radius 3 is 2.57 bits per heavy atom. The van der Waals surface area contributed by atoms with Crippen LogP contribution >= 0.6 is 0 Å². The molecular weight excluding hydrogens is 288 g/mol. The Balaban J connectivity index is 1.88. The molecule has 1 aliphatic heterocycles. The zero-order valence-electron chi connectivity index (χ0n) is 13.0. The van der Waals surface area contributed by atoms with Crippen molar-refractivity contribution in [2.75, 3.05) is 0 Å². The van der Waals surface area contributed by atoms with Crippen molar-refractivity contribution < 1.29 is 14.3 Å². The molecule has 1 aliphatic rings. The van der Waals surface area contributed by atoms with E-state index in [2.05, 4.69) is 0 Å². The van der Waals surface area contributed by atoms with Crippen molar-refractivity contribution >= 4 is 17.8 Å². The molecule has 0 radical (unpaired) electrons. The summed E-state index contributed by atoms with van der Waals surface area (Å²) in [5.41, 5.74) is 0.811. The molecule has 0 aromatic heterocycles. The van der Waals surface area contributed by atoms with Crippen LogP contribution in [0.25, 0.3) is 6.08 Å². The SMILES string of the molecule is CC(=O)[C@@]1(C/C=C/c2ccccc2)Cc2ccccc2OC1=O. The Hall–Kier alpha value is -2.68. The molecule has 0 amide bonds. The van der Waals surface area contributed by atoms with Gasteiger partial charge < -0.3 is 4.74 Å². The summed E-state index contributed by atoms with van der Waals surface area (Å²) in [6, 6.07) is 17.2. The fraction of sp³-hybridized carbons (Fsp3) is 0.200. The quantitative estimate of drug-likeness (QED) is 0.490. The second kappa shape index (κ2) is 6.21. The minimum Gasteiger partial charge on any atom is -0.425 e. The molecule has 0 N–H and O–H groups in total. The third-order valence-electron chi connectivity index (χ3n) is 4.31. The monoisotopic (exact) mass is 306 g/mol.